The van der Waals surface area contributed by atoms with Crippen molar-refractivity contribution in [2.45, 2.75) is 38.4 Å². The lowest BCUT2D eigenvalue weighted by Crippen LogP contribution is -2.34. The van der Waals surface area contributed by atoms with Gasteiger partial charge in [0.05, 0.1) is 6.54 Å². The number of halogens is 1. The first-order valence-electron chi connectivity index (χ1n) is 9.85. The third kappa shape index (κ3) is 4.01. The molecule has 3 aromatic rings. The van der Waals surface area contributed by atoms with Crippen molar-refractivity contribution in [2.75, 3.05) is 19.6 Å². The number of fused-ring (bicyclic) bond motifs is 1. The number of likely N-dealkylation sites (tertiary alicyclic amines) is 1. The summed E-state index contributed by atoms with van der Waals surface area (Å²) >= 11 is 1.88. The highest BCUT2D eigenvalue weighted by atomic mass is 35.5. The molecule has 148 valence electrons. The average molecular weight is 416 g/mol. The van der Waals surface area contributed by atoms with Crippen molar-refractivity contribution in [3.8, 4) is 11.1 Å². The lowest BCUT2D eigenvalue weighted by Gasteiger charge is -2.31. The molecule has 0 unspecified atom stereocenters. The van der Waals surface area contributed by atoms with E-state index in [9.17, 15) is 0 Å². The first-order chi connectivity index (χ1) is 13.4. The summed E-state index contributed by atoms with van der Waals surface area (Å²) in [5.41, 5.74) is 2.65. The van der Waals surface area contributed by atoms with E-state index in [4.69, 9.17) is 0 Å². The Balaban J connectivity index is 0.00000192. The van der Waals surface area contributed by atoms with E-state index in [0.29, 0.717) is 5.92 Å². The van der Waals surface area contributed by atoms with Crippen molar-refractivity contribution in [1.29, 1.82) is 0 Å². The minimum atomic E-state index is 0. The van der Waals surface area contributed by atoms with Gasteiger partial charge in [0.15, 0.2) is 0 Å². The number of piperidine rings is 1. The summed E-state index contributed by atoms with van der Waals surface area (Å²) in [6.07, 6.45) is 2.37. The van der Waals surface area contributed by atoms with Gasteiger partial charge in [0, 0.05) is 30.4 Å². The number of nitrogens with one attached hydrogen (secondary N) is 1. The van der Waals surface area contributed by atoms with Crippen LogP contribution in [0.3, 0.4) is 0 Å². The number of thiophene rings is 1. The smallest absolute Gasteiger partial charge is 0.147 e. The standard InChI is InChI=1S/C21H25N5S.ClH/c1-2-4-16(5-3-1)18-12-19(27-15-18)14-25-9-6-17(7-10-25)21-24-23-20-13-22-8-11-26(20)21;/h1-5,12,15,17,22H,6-11,13-14H2;1H. The van der Waals surface area contributed by atoms with Crippen LogP contribution in [0.15, 0.2) is 41.8 Å². The van der Waals surface area contributed by atoms with Crippen LogP contribution in [0.25, 0.3) is 11.1 Å². The highest BCUT2D eigenvalue weighted by molar-refractivity contribution is 7.10. The van der Waals surface area contributed by atoms with Crippen LogP contribution >= 0.6 is 23.7 Å². The zero-order chi connectivity index (χ0) is 18.1. The molecule has 0 bridgehead atoms. The summed E-state index contributed by atoms with van der Waals surface area (Å²) in [5.74, 6) is 2.88. The monoisotopic (exact) mass is 415 g/mol. The molecule has 4 heterocycles. The second kappa shape index (κ2) is 8.74. The van der Waals surface area contributed by atoms with Crippen LogP contribution in [0.2, 0.25) is 0 Å². The van der Waals surface area contributed by atoms with Crippen LogP contribution in [-0.4, -0.2) is 39.3 Å². The first-order valence-corrected chi connectivity index (χ1v) is 10.7. The molecule has 7 heteroatoms. The topological polar surface area (TPSA) is 46.0 Å². The van der Waals surface area contributed by atoms with E-state index in [1.165, 1.54) is 34.7 Å². The molecular formula is C21H26ClN5S. The Labute approximate surface area is 176 Å². The molecule has 2 aliphatic rings. The van der Waals surface area contributed by atoms with E-state index >= 15 is 0 Å². The van der Waals surface area contributed by atoms with Crippen molar-refractivity contribution in [3.63, 3.8) is 0 Å². The fraction of sp³-hybridized carbons (Fsp3) is 0.429. The second-order valence-electron chi connectivity index (χ2n) is 7.52. The molecule has 0 amide bonds. The summed E-state index contributed by atoms with van der Waals surface area (Å²) in [6.45, 7) is 6.24. The third-order valence-corrected chi connectivity index (χ3v) is 6.67. The summed E-state index contributed by atoms with van der Waals surface area (Å²) < 4.78 is 2.35. The second-order valence-corrected chi connectivity index (χ2v) is 8.52. The number of hydrogen-bond donors (Lipinski definition) is 1. The van der Waals surface area contributed by atoms with Crippen LogP contribution in [0.5, 0.6) is 0 Å². The van der Waals surface area contributed by atoms with Gasteiger partial charge in [-0.1, -0.05) is 30.3 Å². The Morgan fingerprint density at radius 1 is 1.04 bits per heavy atom. The SMILES string of the molecule is Cl.c1ccc(-c2csc(CN3CCC(c4nnc5n4CCNC5)CC3)c2)cc1. The quantitative estimate of drug-likeness (QED) is 0.701. The Kier molecular flexibility index (Phi) is 6.11. The summed E-state index contributed by atoms with van der Waals surface area (Å²) in [6, 6.07) is 13.0. The Bertz CT molecular complexity index is 899. The molecule has 2 aromatic heterocycles. The molecule has 28 heavy (non-hydrogen) atoms. The van der Waals surface area contributed by atoms with Crippen LogP contribution in [-0.2, 0) is 19.6 Å². The molecule has 1 fully saturated rings. The van der Waals surface area contributed by atoms with Gasteiger partial charge in [-0.25, -0.2) is 0 Å². The first kappa shape index (κ1) is 19.6. The number of aromatic nitrogens is 3. The van der Waals surface area contributed by atoms with Gasteiger partial charge in [0.2, 0.25) is 0 Å². The highest BCUT2D eigenvalue weighted by Crippen LogP contribution is 2.30. The normalized spacial score (nSPS) is 17.9. The van der Waals surface area contributed by atoms with Gasteiger partial charge < -0.3 is 9.88 Å². The Morgan fingerprint density at radius 3 is 2.68 bits per heavy atom. The molecular weight excluding hydrogens is 390 g/mol. The van der Waals surface area contributed by atoms with E-state index in [2.05, 4.69) is 66.8 Å². The fourth-order valence-electron chi connectivity index (χ4n) is 4.23. The largest absolute Gasteiger partial charge is 0.312 e. The van der Waals surface area contributed by atoms with Crippen molar-refractivity contribution in [2.24, 2.45) is 0 Å². The molecule has 0 spiro atoms. The van der Waals surface area contributed by atoms with E-state index < -0.39 is 0 Å². The molecule has 0 aliphatic carbocycles. The molecule has 2 aliphatic heterocycles. The molecule has 1 saturated heterocycles. The molecule has 0 atom stereocenters. The molecule has 0 radical (unpaired) electrons. The number of hydrogen-bond acceptors (Lipinski definition) is 5. The molecule has 5 rings (SSSR count). The summed E-state index contributed by atoms with van der Waals surface area (Å²) in [5, 5.41) is 14.6. The number of rotatable bonds is 4. The van der Waals surface area contributed by atoms with E-state index in [-0.39, 0.29) is 12.4 Å². The zero-order valence-corrected chi connectivity index (χ0v) is 17.5. The maximum atomic E-state index is 4.52. The van der Waals surface area contributed by atoms with E-state index in [1.807, 2.05) is 11.3 Å². The van der Waals surface area contributed by atoms with Crippen molar-refractivity contribution in [1.82, 2.24) is 25.0 Å². The maximum absolute atomic E-state index is 4.52. The van der Waals surface area contributed by atoms with Crippen LogP contribution < -0.4 is 5.32 Å². The maximum Gasteiger partial charge on any atom is 0.147 e. The van der Waals surface area contributed by atoms with Gasteiger partial charge >= 0.3 is 0 Å². The lowest BCUT2D eigenvalue weighted by molar-refractivity contribution is 0.201. The van der Waals surface area contributed by atoms with Gasteiger partial charge in [0.25, 0.3) is 0 Å². The lowest BCUT2D eigenvalue weighted by atomic mass is 9.95. The predicted molar refractivity (Wildman–Crippen MR) is 116 cm³/mol. The van der Waals surface area contributed by atoms with Gasteiger partial charge in [-0.05, 0) is 48.5 Å². The van der Waals surface area contributed by atoms with E-state index in [1.54, 1.807) is 0 Å². The van der Waals surface area contributed by atoms with E-state index in [0.717, 1.165) is 45.1 Å². The van der Waals surface area contributed by atoms with Gasteiger partial charge in [-0.15, -0.1) is 33.9 Å². The summed E-state index contributed by atoms with van der Waals surface area (Å²) in [7, 11) is 0. The molecule has 1 N–H and O–H groups in total. The van der Waals surface area contributed by atoms with Crippen molar-refractivity contribution in [3.05, 3.63) is 58.3 Å². The minimum Gasteiger partial charge on any atom is -0.312 e. The third-order valence-electron chi connectivity index (χ3n) is 5.74. The van der Waals surface area contributed by atoms with Crippen molar-refractivity contribution < 1.29 is 0 Å². The van der Waals surface area contributed by atoms with Crippen LogP contribution in [0, 0.1) is 0 Å². The predicted octanol–water partition coefficient (Wildman–Crippen LogP) is 3.91. The Hall–Kier alpha value is -1.73. The Morgan fingerprint density at radius 2 is 1.86 bits per heavy atom. The molecule has 5 nitrogen and oxygen atoms in total. The van der Waals surface area contributed by atoms with Crippen LogP contribution in [0.1, 0.15) is 35.3 Å². The molecule has 1 aromatic carbocycles. The fourth-order valence-corrected chi connectivity index (χ4v) is 5.17. The van der Waals surface area contributed by atoms with Gasteiger partial charge in [0.1, 0.15) is 11.6 Å². The number of benzene rings is 1. The average Bonchev–Trinajstić information content (AvgIpc) is 3.37. The van der Waals surface area contributed by atoms with Gasteiger partial charge in [-0.3, -0.25) is 4.90 Å². The van der Waals surface area contributed by atoms with Crippen molar-refractivity contribution >= 4 is 23.7 Å². The van der Waals surface area contributed by atoms with Gasteiger partial charge in [-0.2, -0.15) is 0 Å². The highest BCUT2D eigenvalue weighted by Gasteiger charge is 2.27. The zero-order valence-electron chi connectivity index (χ0n) is 15.9. The number of nitrogens with zero attached hydrogens (tertiary/aromatic N) is 4. The minimum absolute atomic E-state index is 0. The summed E-state index contributed by atoms with van der Waals surface area (Å²) in [4.78, 5) is 4.05. The van der Waals surface area contributed by atoms with Crippen LogP contribution in [0.4, 0.5) is 0 Å². The molecule has 0 saturated carbocycles.